The molecule has 0 spiro atoms. The van der Waals surface area contributed by atoms with Gasteiger partial charge in [-0.1, -0.05) is 27.2 Å². The molecule has 2 rings (SSSR count). The van der Waals surface area contributed by atoms with E-state index in [1.54, 1.807) is 7.05 Å². The molecule has 1 heterocycles. The zero-order valence-corrected chi connectivity index (χ0v) is 14.6. The number of hydrogen-bond acceptors (Lipinski definition) is 6. The molecule has 1 saturated heterocycles. The van der Waals surface area contributed by atoms with Gasteiger partial charge in [0, 0.05) is 5.92 Å². The van der Waals surface area contributed by atoms with E-state index in [4.69, 9.17) is 4.74 Å². The summed E-state index contributed by atoms with van der Waals surface area (Å²) in [5, 5.41) is 44.4. The number of aliphatic hydroxyl groups excluding tert-OH is 3. The second-order valence-corrected chi connectivity index (χ2v) is 7.77. The maximum atomic E-state index is 11.4. The molecular weight excluding hydrogens is 298 g/mol. The molecule has 5 N–H and O–H groups in total. The lowest BCUT2D eigenvalue weighted by atomic mass is 9.64. The van der Waals surface area contributed by atoms with Crippen molar-refractivity contribution >= 4 is 0 Å². The summed E-state index contributed by atoms with van der Waals surface area (Å²) in [5.41, 5.74) is 0. The molecule has 0 radical (unpaired) electrons. The number of aliphatic hydroxyl groups is 4. The molecule has 1 aliphatic heterocycles. The fraction of sp³-hybridized carbons (Fsp3) is 1.00. The molecule has 0 aromatic rings. The van der Waals surface area contributed by atoms with Crippen LogP contribution in [0.5, 0.6) is 0 Å². The summed E-state index contributed by atoms with van der Waals surface area (Å²) in [6.45, 7) is 6.01. The molecule has 0 aromatic carbocycles. The van der Waals surface area contributed by atoms with Gasteiger partial charge in [-0.2, -0.15) is 0 Å². The first-order chi connectivity index (χ1) is 10.8. The first kappa shape index (κ1) is 19.1. The summed E-state index contributed by atoms with van der Waals surface area (Å²) in [7, 11) is 1.64. The van der Waals surface area contributed by atoms with Crippen molar-refractivity contribution in [1.82, 2.24) is 5.32 Å². The Balaban J connectivity index is 2.37. The normalized spacial score (nSPS) is 48.7. The van der Waals surface area contributed by atoms with Gasteiger partial charge in [-0.05, 0) is 37.6 Å². The van der Waals surface area contributed by atoms with E-state index >= 15 is 0 Å². The number of rotatable bonds is 4. The van der Waals surface area contributed by atoms with E-state index in [2.05, 4.69) is 26.1 Å². The van der Waals surface area contributed by atoms with Crippen molar-refractivity contribution in [3.8, 4) is 0 Å². The second kappa shape index (κ2) is 7.33. The highest BCUT2D eigenvalue weighted by molar-refractivity contribution is 5.05. The van der Waals surface area contributed by atoms with Gasteiger partial charge in [-0.25, -0.2) is 0 Å². The Morgan fingerprint density at radius 3 is 2.39 bits per heavy atom. The zero-order chi connectivity index (χ0) is 17.4. The van der Waals surface area contributed by atoms with Gasteiger partial charge in [0.1, 0.15) is 18.3 Å². The standard InChI is InChI=1S/C17H33NO5/c1-9(2)11-6-5-10(3)7-12(11)17(22)16(18-4)15(21)14(20)13(8-19)23-17/h9-16,18-22H,5-8H2,1-4H3/t10?,11?,12?,13-,14-,15+,16-,17?/m1/s1. The van der Waals surface area contributed by atoms with Gasteiger partial charge in [0.15, 0.2) is 5.79 Å². The second-order valence-electron chi connectivity index (χ2n) is 7.77. The lowest BCUT2D eigenvalue weighted by Crippen LogP contribution is -2.72. The van der Waals surface area contributed by atoms with E-state index in [-0.39, 0.29) is 11.8 Å². The third kappa shape index (κ3) is 3.43. The number of hydrogen-bond donors (Lipinski definition) is 5. The van der Waals surface area contributed by atoms with Crippen molar-refractivity contribution in [3.05, 3.63) is 0 Å². The Labute approximate surface area is 138 Å². The number of ether oxygens (including phenoxy) is 1. The zero-order valence-electron chi connectivity index (χ0n) is 14.6. The number of nitrogens with one attached hydrogen (secondary N) is 1. The van der Waals surface area contributed by atoms with E-state index in [1.807, 2.05) is 0 Å². The molecule has 23 heavy (non-hydrogen) atoms. The van der Waals surface area contributed by atoms with Crippen molar-refractivity contribution < 1.29 is 25.2 Å². The van der Waals surface area contributed by atoms with Crippen LogP contribution in [0.15, 0.2) is 0 Å². The summed E-state index contributed by atoms with van der Waals surface area (Å²) in [6.07, 6.45) is -0.470. The Morgan fingerprint density at radius 1 is 1.22 bits per heavy atom. The summed E-state index contributed by atoms with van der Waals surface area (Å²) < 4.78 is 5.81. The molecule has 8 atom stereocenters. The molecule has 2 aliphatic rings. The summed E-state index contributed by atoms with van der Waals surface area (Å²) in [6, 6.07) is -0.795. The van der Waals surface area contributed by atoms with Gasteiger partial charge in [-0.15, -0.1) is 0 Å². The Bertz CT molecular complexity index is 393. The fourth-order valence-electron chi connectivity index (χ4n) is 4.57. The third-order valence-electron chi connectivity index (χ3n) is 5.90. The van der Waals surface area contributed by atoms with Crippen molar-refractivity contribution in [3.63, 3.8) is 0 Å². The van der Waals surface area contributed by atoms with E-state index in [1.165, 1.54) is 0 Å². The minimum atomic E-state index is -1.61. The lowest BCUT2D eigenvalue weighted by molar-refractivity contribution is -0.350. The van der Waals surface area contributed by atoms with Crippen LogP contribution in [0.25, 0.3) is 0 Å². The molecule has 0 aromatic heterocycles. The van der Waals surface area contributed by atoms with Gasteiger partial charge in [-0.3, -0.25) is 0 Å². The maximum absolute atomic E-state index is 11.4. The highest BCUT2D eigenvalue weighted by Gasteiger charge is 2.58. The van der Waals surface area contributed by atoms with Crippen LogP contribution in [0.4, 0.5) is 0 Å². The summed E-state index contributed by atoms with van der Waals surface area (Å²) >= 11 is 0. The van der Waals surface area contributed by atoms with Gasteiger partial charge in [0.25, 0.3) is 0 Å². The van der Waals surface area contributed by atoms with E-state index < -0.39 is 36.7 Å². The Kier molecular flexibility index (Phi) is 6.09. The molecule has 136 valence electrons. The SMILES string of the molecule is CN[C@@H]1[C@@H](O)[C@H](O)[C@@H](CO)OC1(O)C1CC(C)CCC1C(C)C. The first-order valence-corrected chi connectivity index (χ1v) is 8.80. The predicted octanol–water partition coefficient (Wildman–Crippen LogP) is 0.0843. The van der Waals surface area contributed by atoms with E-state index in [9.17, 15) is 20.4 Å². The summed E-state index contributed by atoms with van der Waals surface area (Å²) in [4.78, 5) is 0. The van der Waals surface area contributed by atoms with Gasteiger partial charge in [0.2, 0.25) is 0 Å². The molecule has 6 nitrogen and oxygen atoms in total. The molecular formula is C17H33NO5. The average molecular weight is 331 g/mol. The molecule has 0 bridgehead atoms. The van der Waals surface area contributed by atoms with Crippen molar-refractivity contribution in [2.75, 3.05) is 13.7 Å². The Morgan fingerprint density at radius 2 is 1.87 bits per heavy atom. The van der Waals surface area contributed by atoms with Crippen LogP contribution < -0.4 is 5.32 Å². The topological polar surface area (TPSA) is 102 Å². The molecule has 6 heteroatoms. The highest BCUT2D eigenvalue weighted by atomic mass is 16.6. The van der Waals surface area contributed by atoms with Crippen LogP contribution in [0.1, 0.15) is 40.0 Å². The van der Waals surface area contributed by atoms with Crippen LogP contribution in [0.2, 0.25) is 0 Å². The number of likely N-dealkylation sites (N-methyl/N-ethyl adjacent to an activating group) is 1. The van der Waals surface area contributed by atoms with Crippen LogP contribution >= 0.6 is 0 Å². The van der Waals surface area contributed by atoms with Crippen LogP contribution in [0.3, 0.4) is 0 Å². The largest absolute Gasteiger partial charge is 0.394 e. The lowest BCUT2D eigenvalue weighted by Gasteiger charge is -2.54. The van der Waals surface area contributed by atoms with Gasteiger partial charge < -0.3 is 30.5 Å². The van der Waals surface area contributed by atoms with Crippen molar-refractivity contribution in [1.29, 1.82) is 0 Å². The van der Waals surface area contributed by atoms with Crippen LogP contribution in [-0.4, -0.2) is 64.2 Å². The summed E-state index contributed by atoms with van der Waals surface area (Å²) in [5.74, 6) is -0.635. The van der Waals surface area contributed by atoms with E-state index in [0.29, 0.717) is 11.8 Å². The molecule has 0 amide bonds. The minimum Gasteiger partial charge on any atom is -0.394 e. The molecule has 1 saturated carbocycles. The Hall–Kier alpha value is -0.240. The maximum Gasteiger partial charge on any atom is 0.187 e. The predicted molar refractivity (Wildman–Crippen MR) is 86.6 cm³/mol. The smallest absolute Gasteiger partial charge is 0.187 e. The first-order valence-electron chi connectivity index (χ1n) is 8.80. The minimum absolute atomic E-state index is 0.153. The van der Waals surface area contributed by atoms with Crippen molar-refractivity contribution in [2.24, 2.45) is 23.7 Å². The average Bonchev–Trinajstić information content (AvgIpc) is 2.51. The highest BCUT2D eigenvalue weighted by Crippen LogP contribution is 2.47. The molecule has 4 unspecified atom stereocenters. The molecule has 2 fully saturated rings. The molecule has 1 aliphatic carbocycles. The third-order valence-corrected chi connectivity index (χ3v) is 5.90. The van der Waals surface area contributed by atoms with Crippen LogP contribution in [0, 0.1) is 23.7 Å². The fourth-order valence-corrected chi connectivity index (χ4v) is 4.57. The van der Waals surface area contributed by atoms with Crippen molar-refractivity contribution in [2.45, 2.75) is 70.2 Å². The van der Waals surface area contributed by atoms with Gasteiger partial charge in [0.05, 0.1) is 12.6 Å². The van der Waals surface area contributed by atoms with Crippen LogP contribution in [-0.2, 0) is 4.74 Å². The van der Waals surface area contributed by atoms with Gasteiger partial charge >= 0.3 is 0 Å². The quantitative estimate of drug-likeness (QED) is 0.500. The monoisotopic (exact) mass is 331 g/mol. The van der Waals surface area contributed by atoms with E-state index in [0.717, 1.165) is 19.3 Å².